The van der Waals surface area contributed by atoms with E-state index in [-0.39, 0.29) is 18.3 Å². The van der Waals surface area contributed by atoms with Gasteiger partial charge in [-0.15, -0.1) is 10.2 Å². The smallest absolute Gasteiger partial charge is 0.234 e. The van der Waals surface area contributed by atoms with Crippen molar-refractivity contribution in [3.63, 3.8) is 0 Å². The number of carbonyl (C=O) groups is 1. The summed E-state index contributed by atoms with van der Waals surface area (Å²) in [7, 11) is 3.44. The number of benzene rings is 2. The van der Waals surface area contributed by atoms with Crippen molar-refractivity contribution in [2.24, 2.45) is 7.05 Å². The number of methoxy groups -OCH3 is 1. The van der Waals surface area contributed by atoms with Crippen LogP contribution in [-0.4, -0.2) is 46.7 Å². The van der Waals surface area contributed by atoms with Crippen molar-refractivity contribution >= 4 is 23.4 Å². The Morgan fingerprint density at radius 3 is 2.77 bits per heavy atom. The summed E-state index contributed by atoms with van der Waals surface area (Å²) in [6, 6.07) is 12.7. The van der Waals surface area contributed by atoms with Gasteiger partial charge in [-0.25, -0.2) is 0 Å². The van der Waals surface area contributed by atoms with E-state index in [1.165, 1.54) is 11.8 Å². The first-order chi connectivity index (χ1) is 15.1. The van der Waals surface area contributed by atoms with Crippen molar-refractivity contribution in [3.8, 4) is 23.0 Å². The molecule has 0 radical (unpaired) electrons. The Bertz CT molecular complexity index is 1070. The topological polar surface area (TPSA) is 96.7 Å². The van der Waals surface area contributed by atoms with Crippen molar-refractivity contribution in [2.75, 3.05) is 31.4 Å². The van der Waals surface area contributed by atoms with Gasteiger partial charge in [-0.05, 0) is 24.3 Å². The molecule has 0 saturated carbocycles. The number of nitrogens with zero attached hydrogens (tertiary/aromatic N) is 3. The molecule has 1 aliphatic rings. The molecule has 10 heteroatoms. The number of fused-ring (bicyclic) bond motifs is 1. The van der Waals surface area contributed by atoms with Crippen LogP contribution in [0.3, 0.4) is 0 Å². The van der Waals surface area contributed by atoms with E-state index in [0.717, 1.165) is 5.75 Å². The lowest BCUT2D eigenvalue weighted by molar-refractivity contribution is -0.113. The molecule has 2 aromatic carbocycles. The van der Waals surface area contributed by atoms with Crippen molar-refractivity contribution in [1.82, 2.24) is 14.8 Å². The molecular weight excluding hydrogens is 420 g/mol. The third-order valence-corrected chi connectivity index (χ3v) is 5.51. The number of ether oxygens (including phenoxy) is 4. The minimum atomic E-state index is -0.154. The third kappa shape index (κ3) is 5.21. The van der Waals surface area contributed by atoms with Gasteiger partial charge < -0.3 is 28.8 Å². The molecule has 2 heterocycles. The Morgan fingerprint density at radius 1 is 1.13 bits per heavy atom. The number of hydrogen-bond acceptors (Lipinski definition) is 8. The van der Waals surface area contributed by atoms with E-state index in [4.69, 9.17) is 18.9 Å². The highest BCUT2D eigenvalue weighted by molar-refractivity contribution is 7.99. The fourth-order valence-corrected chi connectivity index (χ4v) is 3.61. The van der Waals surface area contributed by atoms with Crippen molar-refractivity contribution in [1.29, 1.82) is 0 Å². The minimum Gasteiger partial charge on any atom is -0.497 e. The predicted octanol–water partition coefficient (Wildman–Crippen LogP) is 2.90. The number of aromatic nitrogens is 3. The molecule has 0 aliphatic carbocycles. The molecule has 1 aliphatic heterocycles. The van der Waals surface area contributed by atoms with Gasteiger partial charge in [-0.3, -0.25) is 4.79 Å². The highest BCUT2D eigenvalue weighted by atomic mass is 32.2. The van der Waals surface area contributed by atoms with Gasteiger partial charge >= 0.3 is 0 Å². The van der Waals surface area contributed by atoms with Crippen LogP contribution >= 0.6 is 11.8 Å². The summed E-state index contributed by atoms with van der Waals surface area (Å²) in [6.45, 7) is 1.27. The largest absolute Gasteiger partial charge is 0.497 e. The zero-order valence-electron chi connectivity index (χ0n) is 17.2. The highest BCUT2D eigenvalue weighted by Crippen LogP contribution is 2.32. The summed E-state index contributed by atoms with van der Waals surface area (Å²) in [6.07, 6.45) is 0. The number of hydrogen-bond donors (Lipinski definition) is 1. The Kier molecular flexibility index (Phi) is 6.46. The maximum absolute atomic E-state index is 12.3. The average Bonchev–Trinajstić information content (AvgIpc) is 3.15. The Balaban J connectivity index is 1.29. The molecular formula is C21H22N4O5S. The lowest BCUT2D eigenvalue weighted by Gasteiger charge is -2.18. The molecule has 162 valence electrons. The Labute approximate surface area is 183 Å². The Hall–Kier alpha value is -3.40. The first kappa shape index (κ1) is 20.9. The summed E-state index contributed by atoms with van der Waals surface area (Å²) < 4.78 is 23.8. The van der Waals surface area contributed by atoms with E-state index in [0.29, 0.717) is 47.1 Å². The van der Waals surface area contributed by atoms with Crippen LogP contribution in [0, 0.1) is 0 Å². The number of carbonyl (C=O) groups excluding carboxylic acids is 1. The fourth-order valence-electron chi connectivity index (χ4n) is 2.88. The first-order valence-electron chi connectivity index (χ1n) is 9.60. The van der Waals surface area contributed by atoms with Crippen molar-refractivity contribution < 1.29 is 23.7 Å². The second kappa shape index (κ2) is 9.61. The molecule has 3 aromatic rings. The molecule has 0 unspecified atom stereocenters. The quantitative estimate of drug-likeness (QED) is 0.532. The van der Waals surface area contributed by atoms with Gasteiger partial charge in [0.05, 0.1) is 12.9 Å². The number of anilines is 1. The van der Waals surface area contributed by atoms with Crippen LogP contribution in [0.2, 0.25) is 0 Å². The standard InChI is InChI=1S/C21H22N4O5S/c1-25-19(12-30-16-5-3-4-15(11-16)27-2)23-24-21(25)31-13-20(26)22-14-6-7-17-18(10-14)29-9-8-28-17/h3-7,10-11H,8-9,12-13H2,1-2H3,(H,22,26). The normalized spacial score (nSPS) is 12.3. The van der Waals surface area contributed by atoms with Crippen LogP contribution in [0.15, 0.2) is 47.6 Å². The van der Waals surface area contributed by atoms with Crippen LogP contribution in [-0.2, 0) is 18.4 Å². The molecule has 4 rings (SSSR count). The number of nitrogens with one attached hydrogen (secondary N) is 1. The third-order valence-electron chi connectivity index (χ3n) is 4.49. The van der Waals surface area contributed by atoms with E-state index >= 15 is 0 Å². The maximum Gasteiger partial charge on any atom is 0.234 e. The molecule has 1 aromatic heterocycles. The van der Waals surface area contributed by atoms with E-state index in [1.54, 1.807) is 31.4 Å². The van der Waals surface area contributed by atoms with E-state index in [9.17, 15) is 4.79 Å². The molecule has 1 N–H and O–H groups in total. The van der Waals surface area contributed by atoms with Crippen molar-refractivity contribution in [2.45, 2.75) is 11.8 Å². The molecule has 0 atom stereocenters. The van der Waals surface area contributed by atoms with Gasteiger partial charge in [0.2, 0.25) is 5.91 Å². The highest BCUT2D eigenvalue weighted by Gasteiger charge is 2.15. The van der Waals surface area contributed by atoms with Crippen molar-refractivity contribution in [3.05, 3.63) is 48.3 Å². The number of rotatable bonds is 8. The molecule has 0 fully saturated rings. The second-order valence-corrected chi connectivity index (χ2v) is 7.56. The minimum absolute atomic E-state index is 0.154. The maximum atomic E-state index is 12.3. The summed E-state index contributed by atoms with van der Waals surface area (Å²) >= 11 is 1.30. The number of amides is 1. The van der Waals surface area contributed by atoms with Crippen LogP contribution in [0.25, 0.3) is 0 Å². The van der Waals surface area contributed by atoms with Gasteiger partial charge in [0, 0.05) is 24.9 Å². The molecule has 0 bridgehead atoms. The monoisotopic (exact) mass is 442 g/mol. The SMILES string of the molecule is COc1cccc(OCc2nnc(SCC(=O)Nc3ccc4c(c3)OCCO4)n2C)c1. The van der Waals surface area contributed by atoms with Crippen LogP contribution in [0.4, 0.5) is 5.69 Å². The zero-order chi connectivity index (χ0) is 21.6. The summed E-state index contributed by atoms with van der Waals surface area (Å²) in [4.78, 5) is 12.3. The summed E-state index contributed by atoms with van der Waals surface area (Å²) in [5.74, 6) is 3.39. The van der Waals surface area contributed by atoms with Crippen LogP contribution < -0.4 is 24.3 Å². The van der Waals surface area contributed by atoms with Gasteiger partial charge in [0.1, 0.15) is 31.3 Å². The van der Waals surface area contributed by atoms with E-state index in [2.05, 4.69) is 15.5 Å². The Morgan fingerprint density at radius 2 is 1.94 bits per heavy atom. The second-order valence-electron chi connectivity index (χ2n) is 6.62. The van der Waals surface area contributed by atoms with Gasteiger partial charge in [-0.1, -0.05) is 17.8 Å². The zero-order valence-corrected chi connectivity index (χ0v) is 18.0. The van der Waals surface area contributed by atoms with Gasteiger partial charge in [-0.2, -0.15) is 0 Å². The lowest BCUT2D eigenvalue weighted by Crippen LogP contribution is -2.17. The lowest BCUT2D eigenvalue weighted by atomic mass is 10.2. The first-order valence-corrected chi connectivity index (χ1v) is 10.6. The molecule has 1 amide bonds. The predicted molar refractivity (Wildman–Crippen MR) is 115 cm³/mol. The van der Waals surface area contributed by atoms with E-state index in [1.807, 2.05) is 29.8 Å². The molecule has 0 saturated heterocycles. The number of thioether (sulfide) groups is 1. The molecule has 9 nitrogen and oxygen atoms in total. The van der Waals surface area contributed by atoms with Gasteiger partial charge in [0.15, 0.2) is 22.5 Å². The summed E-state index contributed by atoms with van der Waals surface area (Å²) in [5, 5.41) is 11.8. The van der Waals surface area contributed by atoms with Crippen LogP contribution in [0.1, 0.15) is 5.82 Å². The fraction of sp³-hybridized carbons (Fsp3) is 0.286. The summed E-state index contributed by atoms with van der Waals surface area (Å²) in [5.41, 5.74) is 0.653. The molecule has 31 heavy (non-hydrogen) atoms. The van der Waals surface area contributed by atoms with Crippen LogP contribution in [0.5, 0.6) is 23.0 Å². The molecule has 0 spiro atoms. The van der Waals surface area contributed by atoms with E-state index < -0.39 is 0 Å². The van der Waals surface area contributed by atoms with Gasteiger partial charge in [0.25, 0.3) is 0 Å². The average molecular weight is 442 g/mol.